The summed E-state index contributed by atoms with van der Waals surface area (Å²) in [7, 11) is 0. The normalized spacial score (nSPS) is 20.1. The summed E-state index contributed by atoms with van der Waals surface area (Å²) in [6.07, 6.45) is 0.545. The fraction of sp³-hybridized carbons (Fsp3) is 0.0833. The first kappa shape index (κ1) is 25.9. The Bertz CT molecular complexity index is 1760. The predicted octanol–water partition coefficient (Wildman–Crippen LogP) is 9.47. The lowest BCUT2D eigenvalue weighted by atomic mass is 9.87. The summed E-state index contributed by atoms with van der Waals surface area (Å²) >= 11 is 5.59. The standard InChI is InChI=1S/C36H26BrNO2S/c37-29-21-11-10-20-28(29)32-24-36(27-18-8-3-9-19-27)38(30-22-12-13-23-31(30)41-32)35(39)33(25-14-4-1-5-15-25)34(40-36)26-16-6-2-7-17-26/h1-23,32H,24H2/t32-,36-/m1/s1. The van der Waals surface area contributed by atoms with Gasteiger partial charge in [-0.2, -0.15) is 0 Å². The Kier molecular flexibility index (Phi) is 6.77. The molecule has 0 saturated carbocycles. The Morgan fingerprint density at radius 3 is 2.00 bits per heavy atom. The molecule has 0 aromatic heterocycles. The van der Waals surface area contributed by atoms with Gasteiger partial charge >= 0.3 is 0 Å². The molecule has 5 aromatic carbocycles. The molecule has 200 valence electrons. The smallest absolute Gasteiger partial charge is 0.266 e. The van der Waals surface area contributed by atoms with Crippen molar-refractivity contribution in [3.63, 3.8) is 0 Å². The number of carbonyl (C=O) groups excluding carboxylic acids is 1. The average Bonchev–Trinajstić information content (AvgIpc) is 3.18. The molecule has 5 heteroatoms. The van der Waals surface area contributed by atoms with Gasteiger partial charge in [0, 0.05) is 32.2 Å². The minimum Gasteiger partial charge on any atom is -0.462 e. The lowest BCUT2D eigenvalue weighted by Gasteiger charge is -2.48. The highest BCUT2D eigenvalue weighted by atomic mass is 79.9. The lowest BCUT2D eigenvalue weighted by molar-refractivity contribution is -0.120. The molecule has 0 saturated heterocycles. The van der Waals surface area contributed by atoms with Gasteiger partial charge in [0.05, 0.1) is 11.3 Å². The number of thioether (sulfide) groups is 1. The summed E-state index contributed by atoms with van der Waals surface area (Å²) < 4.78 is 8.41. The molecule has 3 nitrogen and oxygen atoms in total. The Hall–Kier alpha value is -4.06. The average molecular weight is 617 g/mol. The SMILES string of the molecule is O=C1C(c2ccccc2)=C(c2ccccc2)O[C@@]2(c3ccccc3)C[C@H](c3ccccc3Br)Sc3ccccc3N12. The zero-order chi connectivity index (χ0) is 27.8. The quantitative estimate of drug-likeness (QED) is 0.202. The van der Waals surface area contributed by atoms with E-state index in [1.165, 1.54) is 5.56 Å². The van der Waals surface area contributed by atoms with Crippen molar-refractivity contribution in [1.82, 2.24) is 0 Å². The van der Waals surface area contributed by atoms with E-state index in [0.717, 1.165) is 31.7 Å². The molecule has 0 N–H and O–H groups in total. The van der Waals surface area contributed by atoms with Gasteiger partial charge in [0.25, 0.3) is 5.91 Å². The van der Waals surface area contributed by atoms with E-state index in [2.05, 4.69) is 52.3 Å². The number of rotatable bonds is 4. The minimum absolute atomic E-state index is 0.0000276. The van der Waals surface area contributed by atoms with Gasteiger partial charge in [-0.25, -0.2) is 0 Å². The number of benzene rings is 5. The second-order valence-corrected chi connectivity index (χ2v) is 12.2. The number of nitrogens with zero attached hydrogens (tertiary/aromatic N) is 1. The highest BCUT2D eigenvalue weighted by molar-refractivity contribution is 9.10. The summed E-state index contributed by atoms with van der Waals surface area (Å²) in [4.78, 5) is 18.1. The molecule has 41 heavy (non-hydrogen) atoms. The monoisotopic (exact) mass is 615 g/mol. The van der Waals surface area contributed by atoms with E-state index in [1.807, 2.05) is 108 Å². The van der Waals surface area contributed by atoms with Gasteiger partial charge in [-0.1, -0.05) is 137 Å². The molecule has 0 spiro atoms. The molecule has 1 amide bonds. The van der Waals surface area contributed by atoms with E-state index in [0.29, 0.717) is 17.8 Å². The summed E-state index contributed by atoms with van der Waals surface area (Å²) in [6.45, 7) is 0. The van der Waals surface area contributed by atoms with Gasteiger partial charge in [0.15, 0.2) is 0 Å². The van der Waals surface area contributed by atoms with Crippen molar-refractivity contribution >= 4 is 50.6 Å². The highest BCUT2D eigenvalue weighted by Crippen LogP contribution is 2.58. The Morgan fingerprint density at radius 1 is 0.707 bits per heavy atom. The Labute approximate surface area is 252 Å². The van der Waals surface area contributed by atoms with Gasteiger partial charge in [-0.3, -0.25) is 9.69 Å². The topological polar surface area (TPSA) is 29.5 Å². The maximum atomic E-state index is 15.1. The van der Waals surface area contributed by atoms with Crippen molar-refractivity contribution < 1.29 is 9.53 Å². The van der Waals surface area contributed by atoms with Gasteiger partial charge < -0.3 is 4.74 Å². The number of anilines is 1. The first-order valence-corrected chi connectivity index (χ1v) is 15.3. The number of hydrogen-bond acceptors (Lipinski definition) is 3. The van der Waals surface area contributed by atoms with Crippen LogP contribution in [0.15, 0.2) is 149 Å². The maximum Gasteiger partial charge on any atom is 0.266 e. The van der Waals surface area contributed by atoms with Crippen LogP contribution in [0, 0.1) is 0 Å². The van der Waals surface area contributed by atoms with Crippen molar-refractivity contribution in [1.29, 1.82) is 0 Å². The summed E-state index contributed by atoms with van der Waals surface area (Å²) in [6, 6.07) is 46.6. The molecular weight excluding hydrogens is 590 g/mol. The number of carbonyl (C=O) groups is 1. The molecule has 7 rings (SSSR count). The first-order chi connectivity index (χ1) is 20.2. The molecule has 2 atom stereocenters. The molecule has 0 bridgehead atoms. The van der Waals surface area contributed by atoms with Crippen molar-refractivity contribution in [2.45, 2.75) is 22.3 Å². The number of ether oxygens (including phenoxy) is 1. The number of halogens is 1. The second kappa shape index (κ2) is 10.7. The zero-order valence-corrected chi connectivity index (χ0v) is 24.5. The van der Waals surface area contributed by atoms with Crippen molar-refractivity contribution in [3.8, 4) is 0 Å². The molecule has 0 unspecified atom stereocenters. The van der Waals surface area contributed by atoms with Crippen molar-refractivity contribution in [2.75, 3.05) is 4.90 Å². The van der Waals surface area contributed by atoms with Crippen LogP contribution in [-0.2, 0) is 15.3 Å². The van der Waals surface area contributed by atoms with Crippen LogP contribution in [0.5, 0.6) is 0 Å². The third kappa shape index (κ3) is 4.50. The molecule has 0 fully saturated rings. The van der Waals surface area contributed by atoms with Crippen LogP contribution in [0.4, 0.5) is 5.69 Å². The highest BCUT2D eigenvalue weighted by Gasteiger charge is 2.54. The second-order valence-electron chi connectivity index (χ2n) is 10.1. The molecular formula is C36H26BrNO2S. The minimum atomic E-state index is -1.10. The molecule has 0 aliphatic carbocycles. The van der Waals surface area contributed by atoms with Crippen molar-refractivity contribution in [2.24, 2.45) is 0 Å². The molecule has 2 heterocycles. The molecule has 0 radical (unpaired) electrons. The van der Waals surface area contributed by atoms with Gasteiger partial charge in [-0.05, 0) is 29.3 Å². The van der Waals surface area contributed by atoms with Gasteiger partial charge in [-0.15, -0.1) is 11.8 Å². The first-order valence-electron chi connectivity index (χ1n) is 13.6. The third-order valence-electron chi connectivity index (χ3n) is 7.69. The van der Waals surface area contributed by atoms with E-state index in [4.69, 9.17) is 4.74 Å². The fourth-order valence-electron chi connectivity index (χ4n) is 5.83. The third-order valence-corrected chi connectivity index (χ3v) is 9.72. The van der Waals surface area contributed by atoms with E-state index in [9.17, 15) is 0 Å². The van der Waals surface area contributed by atoms with E-state index in [-0.39, 0.29) is 11.2 Å². The van der Waals surface area contributed by atoms with Crippen molar-refractivity contribution in [3.05, 3.63) is 166 Å². The van der Waals surface area contributed by atoms with E-state index in [1.54, 1.807) is 11.8 Å². The summed E-state index contributed by atoms with van der Waals surface area (Å²) in [5, 5.41) is 0.0000276. The van der Waals surface area contributed by atoms with Crippen LogP contribution >= 0.6 is 27.7 Å². The maximum absolute atomic E-state index is 15.1. The number of fused-ring (bicyclic) bond motifs is 3. The zero-order valence-electron chi connectivity index (χ0n) is 22.1. The Balaban J connectivity index is 1.55. The van der Waals surface area contributed by atoms with Crippen LogP contribution in [0.25, 0.3) is 11.3 Å². The summed E-state index contributed by atoms with van der Waals surface area (Å²) in [5.41, 5.74) is 4.11. The van der Waals surface area contributed by atoms with Crippen LogP contribution in [-0.4, -0.2) is 5.91 Å². The Morgan fingerprint density at radius 2 is 1.29 bits per heavy atom. The van der Waals surface area contributed by atoms with Crippen LogP contribution in [0.2, 0.25) is 0 Å². The van der Waals surface area contributed by atoms with E-state index < -0.39 is 5.72 Å². The lowest BCUT2D eigenvalue weighted by Crippen LogP contribution is -2.55. The predicted molar refractivity (Wildman–Crippen MR) is 170 cm³/mol. The number of para-hydroxylation sites is 1. The van der Waals surface area contributed by atoms with Crippen LogP contribution in [0.3, 0.4) is 0 Å². The van der Waals surface area contributed by atoms with E-state index >= 15 is 4.79 Å². The fourth-order valence-corrected chi connectivity index (χ4v) is 7.93. The molecule has 5 aromatic rings. The summed E-state index contributed by atoms with van der Waals surface area (Å²) in [5.74, 6) is 0.517. The number of amides is 1. The van der Waals surface area contributed by atoms with Crippen LogP contribution < -0.4 is 4.90 Å². The number of hydrogen-bond donors (Lipinski definition) is 0. The molecule has 2 aliphatic heterocycles. The van der Waals surface area contributed by atoms with Gasteiger partial charge in [0.1, 0.15) is 5.76 Å². The molecule has 2 aliphatic rings. The van der Waals surface area contributed by atoms with Crippen LogP contribution in [0.1, 0.15) is 33.9 Å². The van der Waals surface area contributed by atoms with Gasteiger partial charge in [0.2, 0.25) is 5.72 Å². The largest absolute Gasteiger partial charge is 0.462 e.